The molecule has 0 aliphatic carbocycles. The van der Waals surface area contributed by atoms with Crippen LogP contribution in [0.4, 0.5) is 0 Å². The molecule has 1 aliphatic heterocycles. The third-order valence-electron chi connectivity index (χ3n) is 4.25. The number of carbonyl (C=O) groups excluding carboxylic acids is 1. The highest BCUT2D eigenvalue weighted by molar-refractivity contribution is 5.76. The summed E-state index contributed by atoms with van der Waals surface area (Å²) in [6, 6.07) is 8.00. The fourth-order valence-electron chi connectivity index (χ4n) is 2.85. The lowest BCUT2D eigenvalue weighted by molar-refractivity contribution is -0.121. The summed E-state index contributed by atoms with van der Waals surface area (Å²) in [6.45, 7) is 3.90. The molecule has 4 nitrogen and oxygen atoms in total. The zero-order valence-corrected chi connectivity index (χ0v) is 13.6. The average molecular weight is 304 g/mol. The van der Waals surface area contributed by atoms with Crippen LogP contribution in [0.25, 0.3) is 0 Å². The summed E-state index contributed by atoms with van der Waals surface area (Å²) in [6.07, 6.45) is 6.70. The summed E-state index contributed by atoms with van der Waals surface area (Å²) >= 11 is 0. The molecule has 0 saturated carbocycles. The molecule has 0 unspecified atom stereocenters. The van der Waals surface area contributed by atoms with E-state index in [2.05, 4.69) is 10.2 Å². The predicted octanol–water partition coefficient (Wildman–Crippen LogP) is 2.62. The molecular formula is C18H28N2O2. The zero-order chi connectivity index (χ0) is 15.6. The lowest BCUT2D eigenvalue weighted by Gasteiger charge is -2.19. The van der Waals surface area contributed by atoms with Gasteiger partial charge in [0.25, 0.3) is 0 Å². The van der Waals surface area contributed by atoms with E-state index in [9.17, 15) is 4.79 Å². The number of hydrogen-bond acceptors (Lipinski definition) is 3. The van der Waals surface area contributed by atoms with Crippen molar-refractivity contribution in [2.24, 2.45) is 0 Å². The molecule has 1 aliphatic rings. The lowest BCUT2D eigenvalue weighted by Crippen LogP contribution is -2.32. The third kappa shape index (κ3) is 6.06. The van der Waals surface area contributed by atoms with Gasteiger partial charge in [-0.15, -0.1) is 0 Å². The number of benzene rings is 1. The summed E-state index contributed by atoms with van der Waals surface area (Å²) in [4.78, 5) is 14.3. The van der Waals surface area contributed by atoms with Gasteiger partial charge in [-0.25, -0.2) is 0 Å². The Morgan fingerprint density at radius 3 is 2.45 bits per heavy atom. The highest BCUT2D eigenvalue weighted by atomic mass is 16.5. The van der Waals surface area contributed by atoms with Gasteiger partial charge in [-0.05, 0) is 50.0 Å². The van der Waals surface area contributed by atoms with Crippen molar-refractivity contribution >= 4 is 5.91 Å². The molecule has 1 amide bonds. The van der Waals surface area contributed by atoms with Gasteiger partial charge in [0.15, 0.2) is 0 Å². The molecule has 1 heterocycles. The molecule has 0 spiro atoms. The van der Waals surface area contributed by atoms with Crippen molar-refractivity contribution in [3.8, 4) is 5.75 Å². The van der Waals surface area contributed by atoms with E-state index in [-0.39, 0.29) is 5.91 Å². The Morgan fingerprint density at radius 2 is 1.82 bits per heavy atom. The van der Waals surface area contributed by atoms with Gasteiger partial charge in [0.05, 0.1) is 7.11 Å². The zero-order valence-electron chi connectivity index (χ0n) is 13.6. The molecule has 0 radical (unpaired) electrons. The molecule has 22 heavy (non-hydrogen) atoms. The molecule has 1 aromatic carbocycles. The first-order valence-electron chi connectivity index (χ1n) is 8.40. The molecule has 0 aromatic heterocycles. The number of amides is 1. The maximum Gasteiger partial charge on any atom is 0.221 e. The number of carbonyl (C=O) groups is 1. The summed E-state index contributed by atoms with van der Waals surface area (Å²) in [5, 5.41) is 3.02. The number of rotatable bonds is 7. The first kappa shape index (κ1) is 16.8. The van der Waals surface area contributed by atoms with Crippen LogP contribution in [0.1, 0.15) is 37.7 Å². The van der Waals surface area contributed by atoms with Crippen LogP contribution >= 0.6 is 0 Å². The summed E-state index contributed by atoms with van der Waals surface area (Å²) in [7, 11) is 1.67. The van der Waals surface area contributed by atoms with Crippen molar-refractivity contribution in [3.05, 3.63) is 29.8 Å². The van der Waals surface area contributed by atoms with Gasteiger partial charge in [0.1, 0.15) is 5.75 Å². The Labute approximate surface area is 133 Å². The first-order chi connectivity index (χ1) is 10.8. The molecule has 1 N–H and O–H groups in total. The number of likely N-dealkylation sites (tertiary alicyclic amines) is 1. The van der Waals surface area contributed by atoms with Gasteiger partial charge < -0.3 is 15.0 Å². The van der Waals surface area contributed by atoms with Gasteiger partial charge in [-0.1, -0.05) is 25.0 Å². The first-order valence-corrected chi connectivity index (χ1v) is 8.40. The van der Waals surface area contributed by atoms with Crippen molar-refractivity contribution in [2.45, 2.75) is 38.5 Å². The minimum atomic E-state index is 0.165. The van der Waals surface area contributed by atoms with E-state index >= 15 is 0 Å². The third-order valence-corrected chi connectivity index (χ3v) is 4.25. The molecular weight excluding hydrogens is 276 g/mol. The maximum atomic E-state index is 11.9. The molecule has 2 rings (SSSR count). The summed E-state index contributed by atoms with van der Waals surface area (Å²) in [5.74, 6) is 1.03. The Bertz CT molecular complexity index is 437. The predicted molar refractivity (Wildman–Crippen MR) is 89.2 cm³/mol. The van der Waals surface area contributed by atoms with E-state index < -0.39 is 0 Å². The van der Waals surface area contributed by atoms with Gasteiger partial charge in [0, 0.05) is 19.5 Å². The van der Waals surface area contributed by atoms with Crippen LogP contribution in [-0.4, -0.2) is 44.1 Å². The second-order valence-electron chi connectivity index (χ2n) is 5.95. The smallest absolute Gasteiger partial charge is 0.221 e. The molecule has 0 bridgehead atoms. The topological polar surface area (TPSA) is 41.6 Å². The van der Waals surface area contributed by atoms with Crippen LogP contribution in [0.5, 0.6) is 5.75 Å². The van der Waals surface area contributed by atoms with Crippen LogP contribution in [0.2, 0.25) is 0 Å². The van der Waals surface area contributed by atoms with Crippen LogP contribution < -0.4 is 10.1 Å². The Hall–Kier alpha value is -1.55. The average Bonchev–Trinajstić information content (AvgIpc) is 2.82. The van der Waals surface area contributed by atoms with Gasteiger partial charge in [0.2, 0.25) is 5.91 Å². The van der Waals surface area contributed by atoms with E-state index in [1.54, 1.807) is 7.11 Å². The number of methoxy groups -OCH3 is 1. The Balaban J connectivity index is 1.60. The fourth-order valence-corrected chi connectivity index (χ4v) is 2.85. The molecule has 122 valence electrons. The molecule has 1 fully saturated rings. The van der Waals surface area contributed by atoms with Crippen molar-refractivity contribution in [1.82, 2.24) is 10.2 Å². The number of nitrogens with one attached hydrogen (secondary N) is 1. The van der Waals surface area contributed by atoms with Crippen LogP contribution in [0, 0.1) is 0 Å². The van der Waals surface area contributed by atoms with Crippen molar-refractivity contribution in [2.75, 3.05) is 33.3 Å². The highest BCUT2D eigenvalue weighted by Gasteiger charge is 2.10. The summed E-state index contributed by atoms with van der Waals surface area (Å²) < 4.78 is 5.14. The second-order valence-corrected chi connectivity index (χ2v) is 5.95. The van der Waals surface area contributed by atoms with E-state index in [1.807, 2.05) is 24.3 Å². The largest absolute Gasteiger partial charge is 0.497 e. The standard InChI is InChI=1S/C18H28N2O2/c1-22-17-8-6-16(7-9-17)10-12-19-18(21)11-15-20-13-4-2-3-5-14-20/h6-9H,2-5,10-15H2,1H3,(H,19,21). The van der Waals surface area contributed by atoms with Crippen LogP contribution in [-0.2, 0) is 11.2 Å². The van der Waals surface area contributed by atoms with E-state index in [4.69, 9.17) is 4.74 Å². The monoisotopic (exact) mass is 304 g/mol. The Morgan fingerprint density at radius 1 is 1.14 bits per heavy atom. The van der Waals surface area contributed by atoms with Crippen LogP contribution in [0.15, 0.2) is 24.3 Å². The fraction of sp³-hybridized carbons (Fsp3) is 0.611. The molecule has 1 saturated heterocycles. The highest BCUT2D eigenvalue weighted by Crippen LogP contribution is 2.11. The Kier molecular flexibility index (Phi) is 7.23. The van der Waals surface area contributed by atoms with Gasteiger partial charge in [-0.3, -0.25) is 4.79 Å². The van der Waals surface area contributed by atoms with Crippen LogP contribution in [0.3, 0.4) is 0 Å². The number of nitrogens with zero attached hydrogens (tertiary/aromatic N) is 1. The quantitative estimate of drug-likeness (QED) is 0.842. The van der Waals surface area contributed by atoms with E-state index in [0.717, 1.165) is 31.8 Å². The minimum absolute atomic E-state index is 0.165. The van der Waals surface area contributed by atoms with Gasteiger partial charge in [-0.2, -0.15) is 0 Å². The normalized spacial score (nSPS) is 16.0. The van der Waals surface area contributed by atoms with E-state index in [1.165, 1.54) is 31.2 Å². The van der Waals surface area contributed by atoms with Crippen molar-refractivity contribution in [3.63, 3.8) is 0 Å². The van der Waals surface area contributed by atoms with Gasteiger partial charge >= 0.3 is 0 Å². The molecule has 4 heteroatoms. The lowest BCUT2D eigenvalue weighted by atomic mass is 10.1. The number of ether oxygens (including phenoxy) is 1. The molecule has 0 atom stereocenters. The number of hydrogen-bond donors (Lipinski definition) is 1. The van der Waals surface area contributed by atoms with Crippen molar-refractivity contribution < 1.29 is 9.53 Å². The second kappa shape index (κ2) is 9.46. The van der Waals surface area contributed by atoms with Crippen molar-refractivity contribution in [1.29, 1.82) is 0 Å². The maximum absolute atomic E-state index is 11.9. The van der Waals surface area contributed by atoms with E-state index in [0.29, 0.717) is 13.0 Å². The molecule has 1 aromatic rings. The summed E-state index contributed by atoms with van der Waals surface area (Å²) in [5.41, 5.74) is 1.22. The SMILES string of the molecule is COc1ccc(CCNC(=O)CCN2CCCCCC2)cc1. The minimum Gasteiger partial charge on any atom is -0.497 e.